The third-order valence-electron chi connectivity index (χ3n) is 5.32. The van der Waals surface area contributed by atoms with Gasteiger partial charge in [0.1, 0.15) is 5.82 Å². The van der Waals surface area contributed by atoms with E-state index in [9.17, 15) is 9.18 Å². The molecule has 0 unspecified atom stereocenters. The molecule has 25 heavy (non-hydrogen) atoms. The molecule has 2 aromatic rings. The van der Waals surface area contributed by atoms with Crippen molar-refractivity contribution in [3.05, 3.63) is 41.8 Å². The molecule has 1 aromatic heterocycles. The second-order valence-electron chi connectivity index (χ2n) is 6.69. The summed E-state index contributed by atoms with van der Waals surface area (Å²) < 4.78 is 14.1. The number of rotatable bonds is 2. The normalized spacial score (nSPS) is 22.8. The van der Waals surface area contributed by atoms with Gasteiger partial charge in [-0.15, -0.1) is 12.4 Å². The molecular formula is C18H22ClFN4O. The van der Waals surface area contributed by atoms with Crippen LogP contribution in [0.4, 0.5) is 4.39 Å². The van der Waals surface area contributed by atoms with E-state index in [2.05, 4.69) is 15.5 Å². The van der Waals surface area contributed by atoms with Gasteiger partial charge in [-0.3, -0.25) is 9.89 Å². The number of benzene rings is 1. The quantitative estimate of drug-likeness (QED) is 0.861. The lowest BCUT2D eigenvalue weighted by Crippen LogP contribution is -2.32. The average Bonchev–Trinajstić information content (AvgIpc) is 3.20. The van der Waals surface area contributed by atoms with Crippen molar-refractivity contribution in [2.45, 2.75) is 12.8 Å². The zero-order valence-electron chi connectivity index (χ0n) is 13.9. The Labute approximate surface area is 152 Å². The van der Waals surface area contributed by atoms with Gasteiger partial charge in [0.05, 0.1) is 17.5 Å². The molecule has 2 saturated heterocycles. The number of likely N-dealkylation sites (tertiary alicyclic amines) is 1. The van der Waals surface area contributed by atoms with Crippen molar-refractivity contribution in [1.82, 2.24) is 20.4 Å². The maximum Gasteiger partial charge on any atom is 0.257 e. The minimum atomic E-state index is -0.354. The lowest BCUT2D eigenvalue weighted by molar-refractivity contribution is 0.0759. The first-order valence-corrected chi connectivity index (χ1v) is 8.52. The molecule has 4 rings (SSSR count). The van der Waals surface area contributed by atoms with E-state index >= 15 is 0 Å². The molecular weight excluding hydrogens is 343 g/mol. The van der Waals surface area contributed by atoms with Gasteiger partial charge in [-0.25, -0.2) is 4.39 Å². The molecule has 0 radical (unpaired) electrons. The highest BCUT2D eigenvalue weighted by molar-refractivity contribution is 5.99. The van der Waals surface area contributed by atoms with Crippen LogP contribution >= 0.6 is 12.4 Å². The number of carbonyl (C=O) groups excluding carboxylic acids is 1. The Morgan fingerprint density at radius 1 is 1.16 bits per heavy atom. The smallest absolute Gasteiger partial charge is 0.257 e. The Hall–Kier alpha value is -1.92. The van der Waals surface area contributed by atoms with Crippen molar-refractivity contribution in [3.63, 3.8) is 0 Å². The fourth-order valence-corrected chi connectivity index (χ4v) is 3.91. The number of carbonyl (C=O) groups is 1. The fraction of sp³-hybridized carbons (Fsp3) is 0.444. The lowest BCUT2D eigenvalue weighted by atomic mass is 9.92. The molecule has 2 aliphatic rings. The summed E-state index contributed by atoms with van der Waals surface area (Å²) in [5, 5.41) is 10.2. The monoisotopic (exact) mass is 364 g/mol. The first-order chi connectivity index (χ1) is 11.7. The van der Waals surface area contributed by atoms with Gasteiger partial charge in [-0.1, -0.05) is 12.1 Å². The number of nitrogens with zero attached hydrogens (tertiary/aromatic N) is 2. The standard InChI is InChI=1S/C18H21FN4O.ClH/c19-16-4-2-1-3-14(16)17-15(11-21-22-17)18(24)23-7-5-12-9-20-10-13(12)6-8-23;/h1-4,11-13,20H,5-10H2,(H,21,22);1H/t12-,13+;. The van der Waals surface area contributed by atoms with Gasteiger partial charge < -0.3 is 10.2 Å². The Morgan fingerprint density at radius 2 is 1.84 bits per heavy atom. The van der Waals surface area contributed by atoms with Crippen LogP contribution in [-0.2, 0) is 0 Å². The highest BCUT2D eigenvalue weighted by atomic mass is 35.5. The SMILES string of the molecule is Cl.O=C(c1cn[nH]c1-c1ccccc1F)N1CC[C@@H]2CNC[C@@H]2CC1. The summed E-state index contributed by atoms with van der Waals surface area (Å²) in [7, 11) is 0. The maximum absolute atomic E-state index is 14.1. The summed E-state index contributed by atoms with van der Waals surface area (Å²) in [5.74, 6) is 0.915. The Bertz CT molecular complexity index is 736. The minimum Gasteiger partial charge on any atom is -0.339 e. The van der Waals surface area contributed by atoms with Gasteiger partial charge in [0.25, 0.3) is 5.91 Å². The van der Waals surface area contributed by atoms with E-state index in [0.717, 1.165) is 39.0 Å². The Kier molecular flexibility index (Phi) is 5.39. The van der Waals surface area contributed by atoms with Crippen LogP contribution in [0.3, 0.4) is 0 Å². The van der Waals surface area contributed by atoms with Crippen LogP contribution in [0, 0.1) is 17.7 Å². The number of hydrogen-bond acceptors (Lipinski definition) is 3. The lowest BCUT2D eigenvalue weighted by Gasteiger charge is -2.21. The van der Waals surface area contributed by atoms with Crippen LogP contribution in [0.5, 0.6) is 0 Å². The molecule has 5 nitrogen and oxygen atoms in total. The second kappa shape index (κ2) is 7.54. The van der Waals surface area contributed by atoms with E-state index in [-0.39, 0.29) is 24.1 Å². The van der Waals surface area contributed by atoms with Crippen LogP contribution in [0.1, 0.15) is 23.2 Å². The Morgan fingerprint density at radius 3 is 2.52 bits per heavy atom. The molecule has 1 amide bonds. The van der Waals surface area contributed by atoms with E-state index < -0.39 is 0 Å². The zero-order valence-corrected chi connectivity index (χ0v) is 14.7. The molecule has 1 aromatic carbocycles. The number of aromatic amines is 1. The first kappa shape index (κ1) is 17.9. The number of hydrogen-bond donors (Lipinski definition) is 2. The summed E-state index contributed by atoms with van der Waals surface area (Å²) >= 11 is 0. The van der Waals surface area contributed by atoms with Crippen LogP contribution in [0.15, 0.2) is 30.5 Å². The van der Waals surface area contributed by atoms with Crippen LogP contribution < -0.4 is 5.32 Å². The molecule has 2 aliphatic heterocycles. The predicted molar refractivity (Wildman–Crippen MR) is 96.2 cm³/mol. The van der Waals surface area contributed by atoms with E-state index in [0.29, 0.717) is 28.7 Å². The van der Waals surface area contributed by atoms with E-state index in [1.165, 1.54) is 12.3 Å². The average molecular weight is 365 g/mol. The molecule has 2 N–H and O–H groups in total. The van der Waals surface area contributed by atoms with Crippen molar-refractivity contribution in [1.29, 1.82) is 0 Å². The van der Waals surface area contributed by atoms with Gasteiger partial charge in [-0.2, -0.15) is 5.10 Å². The fourth-order valence-electron chi connectivity index (χ4n) is 3.91. The highest BCUT2D eigenvalue weighted by Crippen LogP contribution is 2.29. The molecule has 2 atom stereocenters. The van der Waals surface area contributed by atoms with Gasteiger partial charge in [0.15, 0.2) is 0 Å². The van der Waals surface area contributed by atoms with Crippen LogP contribution in [-0.4, -0.2) is 47.2 Å². The summed E-state index contributed by atoms with van der Waals surface area (Å²) in [6, 6.07) is 6.45. The summed E-state index contributed by atoms with van der Waals surface area (Å²) in [5.41, 5.74) is 1.30. The van der Waals surface area contributed by atoms with Gasteiger partial charge in [-0.05, 0) is 49.9 Å². The second-order valence-corrected chi connectivity index (χ2v) is 6.69. The molecule has 0 aliphatic carbocycles. The van der Waals surface area contributed by atoms with Gasteiger partial charge >= 0.3 is 0 Å². The van der Waals surface area contributed by atoms with E-state index in [1.54, 1.807) is 18.2 Å². The van der Waals surface area contributed by atoms with Crippen molar-refractivity contribution < 1.29 is 9.18 Å². The molecule has 3 heterocycles. The summed E-state index contributed by atoms with van der Waals surface area (Å²) in [6.45, 7) is 3.62. The first-order valence-electron chi connectivity index (χ1n) is 8.52. The highest BCUT2D eigenvalue weighted by Gasteiger charge is 2.32. The Balaban J connectivity index is 0.00000182. The zero-order chi connectivity index (χ0) is 16.5. The van der Waals surface area contributed by atoms with E-state index in [4.69, 9.17) is 0 Å². The van der Waals surface area contributed by atoms with Crippen molar-refractivity contribution in [2.75, 3.05) is 26.2 Å². The van der Waals surface area contributed by atoms with Crippen molar-refractivity contribution in [3.8, 4) is 11.3 Å². The number of halogens is 2. The molecule has 134 valence electrons. The van der Waals surface area contributed by atoms with Crippen LogP contribution in [0.25, 0.3) is 11.3 Å². The third-order valence-corrected chi connectivity index (χ3v) is 5.32. The summed E-state index contributed by atoms with van der Waals surface area (Å²) in [4.78, 5) is 14.9. The summed E-state index contributed by atoms with van der Waals surface area (Å²) in [6.07, 6.45) is 3.56. The third kappa shape index (κ3) is 3.41. The van der Waals surface area contributed by atoms with Crippen molar-refractivity contribution >= 4 is 18.3 Å². The van der Waals surface area contributed by atoms with Crippen molar-refractivity contribution in [2.24, 2.45) is 11.8 Å². The number of amides is 1. The number of aromatic nitrogens is 2. The van der Waals surface area contributed by atoms with Crippen LogP contribution in [0.2, 0.25) is 0 Å². The molecule has 2 fully saturated rings. The largest absolute Gasteiger partial charge is 0.339 e. The van der Waals surface area contributed by atoms with Gasteiger partial charge in [0.2, 0.25) is 0 Å². The number of fused-ring (bicyclic) bond motifs is 1. The predicted octanol–water partition coefficient (Wildman–Crippen LogP) is 2.71. The maximum atomic E-state index is 14.1. The molecule has 0 spiro atoms. The number of H-pyrrole nitrogens is 1. The molecule has 7 heteroatoms. The molecule has 0 bridgehead atoms. The van der Waals surface area contributed by atoms with E-state index in [1.807, 2.05) is 4.90 Å². The van der Waals surface area contributed by atoms with Gasteiger partial charge in [0, 0.05) is 18.7 Å². The topological polar surface area (TPSA) is 61.0 Å². The number of nitrogens with one attached hydrogen (secondary N) is 2. The minimum absolute atomic E-state index is 0. The molecule has 0 saturated carbocycles.